The second kappa shape index (κ2) is 10.1. The summed E-state index contributed by atoms with van der Waals surface area (Å²) >= 11 is 0. The van der Waals surface area contributed by atoms with Crippen LogP contribution < -0.4 is 10.5 Å². The summed E-state index contributed by atoms with van der Waals surface area (Å²) in [5, 5.41) is 14.3. The summed E-state index contributed by atoms with van der Waals surface area (Å²) < 4.78 is 2.03. The van der Waals surface area contributed by atoms with Gasteiger partial charge in [0.1, 0.15) is 6.04 Å². The Labute approximate surface area is 217 Å². The molecule has 2 aliphatic rings. The minimum Gasteiger partial charge on any atom is -0.369 e. The van der Waals surface area contributed by atoms with E-state index in [0.29, 0.717) is 0 Å². The summed E-state index contributed by atoms with van der Waals surface area (Å²) in [6.07, 6.45) is 5.82. The number of nitrogens with zero attached hydrogens (tertiary/aromatic N) is 6. The van der Waals surface area contributed by atoms with E-state index in [1.165, 1.54) is 24.9 Å². The second-order valence-corrected chi connectivity index (χ2v) is 10.6. The molecule has 8 nitrogen and oxygen atoms in total. The van der Waals surface area contributed by atoms with Crippen LogP contribution in [-0.2, 0) is 0 Å². The van der Waals surface area contributed by atoms with Gasteiger partial charge in [-0.3, -0.25) is 9.69 Å². The molecule has 192 valence electrons. The van der Waals surface area contributed by atoms with E-state index in [2.05, 4.69) is 85.8 Å². The molecule has 1 N–H and O–H groups in total. The Morgan fingerprint density at radius 1 is 0.919 bits per heavy atom. The molecule has 1 unspecified atom stereocenters. The van der Waals surface area contributed by atoms with Crippen LogP contribution in [0.5, 0.6) is 0 Å². The highest BCUT2D eigenvalue weighted by atomic mass is 16.1. The lowest BCUT2D eigenvalue weighted by Crippen LogP contribution is -2.49. The summed E-state index contributed by atoms with van der Waals surface area (Å²) in [6, 6.07) is 16.8. The van der Waals surface area contributed by atoms with E-state index in [1.54, 1.807) is 0 Å². The fourth-order valence-electron chi connectivity index (χ4n) is 6.14. The summed E-state index contributed by atoms with van der Waals surface area (Å²) in [7, 11) is 0. The molecule has 1 aliphatic heterocycles. The number of aromatic nitrogens is 5. The molecule has 0 bridgehead atoms. The maximum Gasteiger partial charge on any atom is 0.253 e. The van der Waals surface area contributed by atoms with Gasteiger partial charge in [0.15, 0.2) is 5.82 Å². The molecule has 1 saturated carbocycles. The van der Waals surface area contributed by atoms with Crippen LogP contribution in [0, 0.1) is 13.8 Å². The Bertz CT molecular complexity index is 1430. The number of fused-ring (bicyclic) bond motifs is 1. The first-order valence-corrected chi connectivity index (χ1v) is 13.5. The van der Waals surface area contributed by atoms with E-state index >= 15 is 0 Å². The number of rotatable bonds is 5. The van der Waals surface area contributed by atoms with Crippen molar-refractivity contribution in [1.29, 1.82) is 0 Å². The fraction of sp³-hybridized carbons (Fsp3) is 0.448. The first-order valence-electron chi connectivity index (χ1n) is 13.5. The maximum atomic E-state index is 13.7. The van der Waals surface area contributed by atoms with Crippen molar-refractivity contribution in [2.24, 2.45) is 0 Å². The van der Waals surface area contributed by atoms with Crippen LogP contribution in [-0.4, -0.2) is 56.3 Å². The number of nitrogens with one attached hydrogen (secondary N) is 1. The zero-order valence-corrected chi connectivity index (χ0v) is 21.7. The van der Waals surface area contributed by atoms with Gasteiger partial charge in [0.25, 0.3) is 5.56 Å². The minimum atomic E-state index is -0.303. The lowest BCUT2D eigenvalue weighted by atomic mass is 9.94. The number of hydrogen-bond acceptors (Lipinski definition) is 6. The van der Waals surface area contributed by atoms with Crippen molar-refractivity contribution < 1.29 is 0 Å². The molecule has 37 heavy (non-hydrogen) atoms. The molecule has 2 aromatic carbocycles. The summed E-state index contributed by atoms with van der Waals surface area (Å²) in [5.74, 6) is 0.787. The Kier molecular flexibility index (Phi) is 6.50. The van der Waals surface area contributed by atoms with Crippen LogP contribution in [0.1, 0.15) is 66.7 Å². The highest BCUT2D eigenvalue weighted by molar-refractivity contribution is 5.85. The van der Waals surface area contributed by atoms with Gasteiger partial charge in [-0.25, -0.2) is 4.68 Å². The maximum absolute atomic E-state index is 13.7. The van der Waals surface area contributed by atoms with Crippen molar-refractivity contribution in [1.82, 2.24) is 30.1 Å². The van der Waals surface area contributed by atoms with Crippen molar-refractivity contribution in [2.45, 2.75) is 58.0 Å². The van der Waals surface area contributed by atoms with Crippen LogP contribution in [0.2, 0.25) is 0 Å². The van der Waals surface area contributed by atoms with Gasteiger partial charge in [-0.2, -0.15) is 0 Å². The topological polar surface area (TPSA) is 82.9 Å². The van der Waals surface area contributed by atoms with Gasteiger partial charge in [-0.05, 0) is 66.4 Å². The average Bonchev–Trinajstić information content (AvgIpc) is 3.42. The largest absolute Gasteiger partial charge is 0.369 e. The highest BCUT2D eigenvalue weighted by Crippen LogP contribution is 2.34. The van der Waals surface area contributed by atoms with Crippen molar-refractivity contribution in [3.8, 4) is 0 Å². The van der Waals surface area contributed by atoms with Crippen molar-refractivity contribution in [3.63, 3.8) is 0 Å². The smallest absolute Gasteiger partial charge is 0.253 e. The predicted molar refractivity (Wildman–Crippen MR) is 146 cm³/mol. The molecule has 6 rings (SSSR count). The molecule has 2 aromatic heterocycles. The molecular weight excluding hydrogens is 462 g/mol. The molecule has 0 radical (unpaired) electrons. The lowest BCUT2D eigenvalue weighted by molar-refractivity contribution is 0.192. The van der Waals surface area contributed by atoms with Gasteiger partial charge in [0, 0.05) is 42.8 Å². The van der Waals surface area contributed by atoms with Crippen LogP contribution in [0.4, 0.5) is 5.69 Å². The summed E-state index contributed by atoms with van der Waals surface area (Å²) in [5.41, 5.74) is 5.03. The van der Waals surface area contributed by atoms with Crippen LogP contribution in [0.15, 0.2) is 53.3 Å². The normalized spacial score (nSPS) is 18.4. The zero-order valence-electron chi connectivity index (χ0n) is 21.7. The van der Waals surface area contributed by atoms with E-state index < -0.39 is 0 Å². The number of para-hydroxylation sites is 1. The quantitative estimate of drug-likeness (QED) is 0.436. The molecule has 3 heterocycles. The third-order valence-electron chi connectivity index (χ3n) is 8.25. The van der Waals surface area contributed by atoms with Crippen LogP contribution in [0.3, 0.4) is 0 Å². The molecule has 2 fully saturated rings. The zero-order chi connectivity index (χ0) is 25.4. The predicted octanol–water partition coefficient (Wildman–Crippen LogP) is 4.55. The number of benzene rings is 2. The average molecular weight is 498 g/mol. The molecule has 1 atom stereocenters. The van der Waals surface area contributed by atoms with Gasteiger partial charge < -0.3 is 9.88 Å². The van der Waals surface area contributed by atoms with E-state index in [-0.39, 0.29) is 17.6 Å². The Balaban J connectivity index is 1.42. The van der Waals surface area contributed by atoms with Gasteiger partial charge in [-0.15, -0.1) is 5.10 Å². The number of piperazine rings is 1. The fourth-order valence-corrected chi connectivity index (χ4v) is 6.14. The third-order valence-corrected chi connectivity index (χ3v) is 8.25. The molecular formula is C29H35N7O. The molecule has 4 aromatic rings. The minimum absolute atomic E-state index is 0.0603. The number of hydrogen-bond donors (Lipinski definition) is 1. The molecule has 0 spiro atoms. The van der Waals surface area contributed by atoms with Crippen molar-refractivity contribution >= 4 is 16.6 Å². The first kappa shape index (κ1) is 23.9. The number of tetrazole rings is 1. The second-order valence-electron chi connectivity index (χ2n) is 10.6. The number of H-pyrrole nitrogens is 1. The van der Waals surface area contributed by atoms with Crippen molar-refractivity contribution in [3.05, 3.63) is 81.4 Å². The summed E-state index contributed by atoms with van der Waals surface area (Å²) in [6.45, 7) is 7.55. The number of pyridine rings is 1. The number of anilines is 1. The van der Waals surface area contributed by atoms with Crippen LogP contribution >= 0.6 is 0 Å². The highest BCUT2D eigenvalue weighted by Gasteiger charge is 2.34. The standard InChI is InChI=1S/C29H35N7O/c1-20-13-14-21(2)26-24(20)19-25(29(37)30-26)27(28-31-32-33-36(28)23-11-7-4-8-12-23)35-17-15-34(16-18-35)22-9-5-3-6-10-22/h3,5-6,9-10,13-14,19,23,27H,4,7-8,11-12,15-18H2,1-2H3,(H,30,37). The summed E-state index contributed by atoms with van der Waals surface area (Å²) in [4.78, 5) is 21.7. The van der Waals surface area contributed by atoms with Crippen LogP contribution in [0.25, 0.3) is 10.9 Å². The molecule has 8 heteroatoms. The van der Waals surface area contributed by atoms with Gasteiger partial charge in [0.05, 0.1) is 11.6 Å². The molecule has 1 aliphatic carbocycles. The van der Waals surface area contributed by atoms with Gasteiger partial charge in [0.2, 0.25) is 0 Å². The van der Waals surface area contributed by atoms with E-state index in [9.17, 15) is 4.79 Å². The van der Waals surface area contributed by atoms with Crippen molar-refractivity contribution in [2.75, 3.05) is 31.1 Å². The van der Waals surface area contributed by atoms with E-state index in [1.807, 2.05) is 11.6 Å². The van der Waals surface area contributed by atoms with Gasteiger partial charge in [-0.1, -0.05) is 49.6 Å². The Morgan fingerprint density at radius 3 is 2.41 bits per heavy atom. The van der Waals surface area contributed by atoms with E-state index in [0.717, 1.165) is 72.4 Å². The monoisotopic (exact) mass is 497 g/mol. The number of aromatic amines is 1. The molecule has 1 saturated heterocycles. The Hall–Kier alpha value is -3.52. The lowest BCUT2D eigenvalue weighted by Gasteiger charge is -2.40. The Morgan fingerprint density at radius 2 is 1.65 bits per heavy atom. The van der Waals surface area contributed by atoms with Gasteiger partial charge >= 0.3 is 0 Å². The van der Waals surface area contributed by atoms with E-state index in [4.69, 9.17) is 0 Å². The SMILES string of the molecule is Cc1ccc(C)c2[nH]c(=O)c(C(c3nnnn3C3CCCCC3)N3CCN(c4ccccc4)CC3)cc12. The number of aryl methyl sites for hydroxylation is 2. The third kappa shape index (κ3) is 4.55. The first-order chi connectivity index (χ1) is 18.1. The molecule has 0 amide bonds.